The van der Waals surface area contributed by atoms with Crippen molar-refractivity contribution in [3.05, 3.63) is 0 Å². The molecule has 4 rings (SSSR count). The lowest BCUT2D eigenvalue weighted by molar-refractivity contribution is -0.137. The van der Waals surface area contributed by atoms with Crippen molar-refractivity contribution in [2.75, 3.05) is 18.6 Å². The number of hydrogen-bond acceptors (Lipinski definition) is 5. The molecule has 21 heavy (non-hydrogen) atoms. The molecule has 0 aliphatic heterocycles. The van der Waals surface area contributed by atoms with Crippen LogP contribution in [0.5, 0.6) is 0 Å². The number of rotatable bonds is 5. The van der Waals surface area contributed by atoms with Crippen molar-refractivity contribution in [3.63, 3.8) is 0 Å². The molecule has 1 unspecified atom stereocenters. The fraction of sp³-hybridized carbons (Fsp3) is 0.933. The first kappa shape index (κ1) is 15.3. The van der Waals surface area contributed by atoms with Gasteiger partial charge in [0.15, 0.2) is 9.84 Å². The molecule has 1 atom stereocenters. The molecular formula is C15H25NO4S. The second-order valence-corrected chi connectivity index (χ2v) is 9.63. The van der Waals surface area contributed by atoms with Crippen molar-refractivity contribution < 1.29 is 17.9 Å². The largest absolute Gasteiger partial charge is 0.468 e. The number of carbonyl (C=O) groups excluding carboxylic acids is 1. The Labute approximate surface area is 126 Å². The summed E-state index contributed by atoms with van der Waals surface area (Å²) < 4.78 is 28.7. The van der Waals surface area contributed by atoms with Crippen molar-refractivity contribution in [1.29, 1.82) is 0 Å². The lowest BCUT2D eigenvalue weighted by Crippen LogP contribution is -2.56. The second-order valence-electron chi connectivity index (χ2n) is 7.52. The summed E-state index contributed by atoms with van der Waals surface area (Å²) in [7, 11) is -2.28. The van der Waals surface area contributed by atoms with Crippen LogP contribution in [-0.4, -0.2) is 39.0 Å². The van der Waals surface area contributed by atoms with Gasteiger partial charge in [-0.15, -0.1) is 0 Å². The molecule has 4 bridgehead atoms. The number of carbonyl (C=O) groups is 1. The molecule has 0 saturated heterocycles. The fourth-order valence-electron chi connectivity index (χ4n) is 5.38. The lowest BCUT2D eigenvalue weighted by Gasteiger charge is -2.58. The van der Waals surface area contributed by atoms with Crippen LogP contribution in [0, 0.1) is 23.2 Å². The zero-order chi connectivity index (χ0) is 15.3. The van der Waals surface area contributed by atoms with E-state index in [1.54, 1.807) is 0 Å². The molecular weight excluding hydrogens is 290 g/mol. The predicted molar refractivity (Wildman–Crippen MR) is 79.3 cm³/mol. The Balaban J connectivity index is 1.70. The first-order chi connectivity index (χ1) is 9.82. The Bertz CT molecular complexity index is 493. The van der Waals surface area contributed by atoms with Gasteiger partial charge >= 0.3 is 5.97 Å². The molecule has 0 aromatic heterocycles. The van der Waals surface area contributed by atoms with Gasteiger partial charge in [-0.3, -0.25) is 4.79 Å². The summed E-state index contributed by atoms with van der Waals surface area (Å²) in [5.74, 6) is 0.882. The highest BCUT2D eigenvalue weighted by Gasteiger charge is 2.53. The SMILES string of the molecule is COC(=O)CS(=O)(=O)CC(N)C12CC3CC(CC(C3)C1)C2. The van der Waals surface area contributed by atoms with E-state index in [0.29, 0.717) is 0 Å². The topological polar surface area (TPSA) is 86.5 Å². The Hall–Kier alpha value is -0.620. The van der Waals surface area contributed by atoms with Gasteiger partial charge in [-0.25, -0.2) is 8.42 Å². The Morgan fingerprint density at radius 2 is 1.67 bits per heavy atom. The van der Waals surface area contributed by atoms with E-state index in [2.05, 4.69) is 4.74 Å². The summed E-state index contributed by atoms with van der Waals surface area (Å²) >= 11 is 0. The summed E-state index contributed by atoms with van der Waals surface area (Å²) in [5, 5.41) is 0. The average Bonchev–Trinajstić information content (AvgIpc) is 2.35. The van der Waals surface area contributed by atoms with E-state index < -0.39 is 21.6 Å². The standard InChI is InChI=1S/C15H25NO4S/c1-20-14(17)9-21(18,19)8-13(16)15-5-10-2-11(6-15)4-12(3-10)7-15/h10-13H,2-9,16H2,1H3. The summed E-state index contributed by atoms with van der Waals surface area (Å²) in [4.78, 5) is 11.2. The predicted octanol–water partition coefficient (Wildman–Crippen LogP) is 1.12. The molecule has 0 heterocycles. The average molecular weight is 315 g/mol. The van der Waals surface area contributed by atoms with Crippen LogP contribution in [0.1, 0.15) is 38.5 Å². The van der Waals surface area contributed by atoms with E-state index >= 15 is 0 Å². The number of nitrogens with two attached hydrogens (primary N) is 1. The van der Waals surface area contributed by atoms with Crippen molar-refractivity contribution in [2.45, 2.75) is 44.6 Å². The van der Waals surface area contributed by atoms with Gasteiger partial charge < -0.3 is 10.5 Å². The van der Waals surface area contributed by atoms with Gasteiger partial charge in [-0.1, -0.05) is 0 Å². The second kappa shape index (κ2) is 5.23. The van der Waals surface area contributed by atoms with Gasteiger partial charge in [0.25, 0.3) is 0 Å². The van der Waals surface area contributed by atoms with E-state index in [9.17, 15) is 13.2 Å². The third kappa shape index (κ3) is 2.97. The van der Waals surface area contributed by atoms with Crippen LogP contribution >= 0.6 is 0 Å². The molecule has 4 fully saturated rings. The van der Waals surface area contributed by atoms with Gasteiger partial charge in [-0.05, 0) is 61.7 Å². The molecule has 4 aliphatic rings. The lowest BCUT2D eigenvalue weighted by atomic mass is 9.48. The van der Waals surface area contributed by atoms with Crippen molar-refractivity contribution in [1.82, 2.24) is 0 Å². The molecule has 4 aliphatic carbocycles. The highest BCUT2D eigenvalue weighted by atomic mass is 32.2. The van der Waals surface area contributed by atoms with Crippen LogP contribution in [0.4, 0.5) is 0 Å². The van der Waals surface area contributed by atoms with Gasteiger partial charge in [0.1, 0.15) is 5.75 Å². The first-order valence-electron chi connectivity index (χ1n) is 7.85. The molecule has 2 N–H and O–H groups in total. The molecule has 0 spiro atoms. The summed E-state index contributed by atoms with van der Waals surface area (Å²) in [6.07, 6.45) is 7.15. The minimum absolute atomic E-state index is 0.00204. The number of methoxy groups -OCH3 is 1. The van der Waals surface area contributed by atoms with Crippen LogP contribution in [-0.2, 0) is 19.4 Å². The summed E-state index contributed by atoms with van der Waals surface area (Å²) in [6, 6.07) is -0.347. The minimum atomic E-state index is -3.49. The molecule has 0 amide bonds. The van der Waals surface area contributed by atoms with Crippen molar-refractivity contribution in [3.8, 4) is 0 Å². The Morgan fingerprint density at radius 3 is 2.10 bits per heavy atom. The highest BCUT2D eigenvalue weighted by Crippen LogP contribution is 2.61. The maximum Gasteiger partial charge on any atom is 0.320 e. The molecule has 0 aromatic carbocycles. The quantitative estimate of drug-likeness (QED) is 0.768. The van der Waals surface area contributed by atoms with E-state index in [1.807, 2.05) is 0 Å². The Kier molecular flexibility index (Phi) is 3.81. The van der Waals surface area contributed by atoms with Crippen LogP contribution in [0.25, 0.3) is 0 Å². The van der Waals surface area contributed by atoms with Gasteiger partial charge in [0.2, 0.25) is 0 Å². The van der Waals surface area contributed by atoms with Crippen molar-refractivity contribution in [2.24, 2.45) is 28.9 Å². The maximum atomic E-state index is 12.1. The van der Waals surface area contributed by atoms with Crippen LogP contribution in [0.15, 0.2) is 0 Å². The van der Waals surface area contributed by atoms with E-state index in [1.165, 1.54) is 26.4 Å². The van der Waals surface area contributed by atoms with E-state index in [4.69, 9.17) is 5.73 Å². The monoisotopic (exact) mass is 315 g/mol. The van der Waals surface area contributed by atoms with Gasteiger partial charge in [0, 0.05) is 6.04 Å². The molecule has 0 radical (unpaired) electrons. The number of sulfone groups is 1. The van der Waals surface area contributed by atoms with Crippen LogP contribution in [0.3, 0.4) is 0 Å². The van der Waals surface area contributed by atoms with Crippen molar-refractivity contribution >= 4 is 15.8 Å². The maximum absolute atomic E-state index is 12.1. The first-order valence-corrected chi connectivity index (χ1v) is 9.67. The number of hydrogen-bond donors (Lipinski definition) is 1. The van der Waals surface area contributed by atoms with Crippen LogP contribution < -0.4 is 5.73 Å². The summed E-state index contributed by atoms with van der Waals surface area (Å²) in [5.41, 5.74) is 6.34. The molecule has 0 aromatic rings. The van der Waals surface area contributed by atoms with Crippen LogP contribution in [0.2, 0.25) is 0 Å². The fourth-order valence-corrected chi connectivity index (χ4v) is 6.88. The smallest absolute Gasteiger partial charge is 0.320 e. The van der Waals surface area contributed by atoms with Gasteiger partial charge in [0.05, 0.1) is 12.9 Å². The molecule has 5 nitrogen and oxygen atoms in total. The summed E-state index contributed by atoms with van der Waals surface area (Å²) in [6.45, 7) is 0. The van der Waals surface area contributed by atoms with E-state index in [0.717, 1.165) is 37.0 Å². The molecule has 6 heteroatoms. The number of ether oxygens (including phenoxy) is 1. The Morgan fingerprint density at radius 1 is 1.19 bits per heavy atom. The molecule has 120 valence electrons. The van der Waals surface area contributed by atoms with E-state index in [-0.39, 0.29) is 17.2 Å². The zero-order valence-corrected chi connectivity index (χ0v) is 13.4. The zero-order valence-electron chi connectivity index (χ0n) is 12.6. The minimum Gasteiger partial charge on any atom is -0.468 e. The number of esters is 1. The molecule has 4 saturated carbocycles. The normalized spacial score (nSPS) is 39.2. The highest BCUT2D eigenvalue weighted by molar-refractivity contribution is 7.92. The third-order valence-corrected chi connectivity index (χ3v) is 7.41. The third-order valence-electron chi connectivity index (χ3n) is 5.87. The van der Waals surface area contributed by atoms with Gasteiger partial charge in [-0.2, -0.15) is 0 Å².